The van der Waals surface area contributed by atoms with E-state index in [-0.39, 0.29) is 24.3 Å². The molecule has 4 nitrogen and oxygen atoms in total. The second kappa shape index (κ2) is 8.60. The summed E-state index contributed by atoms with van der Waals surface area (Å²) in [6.07, 6.45) is 1.87. The molecule has 2 N–H and O–H groups in total. The largest absolute Gasteiger partial charge is 0.392 e. The van der Waals surface area contributed by atoms with Crippen LogP contribution >= 0.6 is 0 Å². The minimum atomic E-state index is -0.631. The Bertz CT molecular complexity index is 638. The SMILES string of the molecule is Cc1ccc(CC(NC(=O)CC(O)C(C)C)c2ccccn2)cc1. The predicted octanol–water partition coefficient (Wildman–Crippen LogP) is 3.20. The topological polar surface area (TPSA) is 62.2 Å². The molecule has 0 aliphatic rings. The highest BCUT2D eigenvalue weighted by Gasteiger charge is 2.20. The van der Waals surface area contributed by atoms with Crippen LogP contribution in [0.2, 0.25) is 0 Å². The third-order valence-electron chi connectivity index (χ3n) is 4.10. The molecule has 0 bridgehead atoms. The molecule has 0 saturated heterocycles. The number of carbonyl (C=O) groups is 1. The molecule has 1 aromatic carbocycles. The van der Waals surface area contributed by atoms with Gasteiger partial charge in [-0.25, -0.2) is 0 Å². The Hall–Kier alpha value is -2.20. The summed E-state index contributed by atoms with van der Waals surface area (Å²) in [6.45, 7) is 5.86. The van der Waals surface area contributed by atoms with Crippen LogP contribution in [0.5, 0.6) is 0 Å². The second-order valence-electron chi connectivity index (χ2n) is 6.58. The van der Waals surface area contributed by atoms with Crippen LogP contribution in [0.4, 0.5) is 0 Å². The molecular formula is C20H26N2O2. The maximum Gasteiger partial charge on any atom is 0.223 e. The molecule has 0 spiro atoms. The lowest BCUT2D eigenvalue weighted by Gasteiger charge is -2.20. The van der Waals surface area contributed by atoms with Crippen LogP contribution in [0.15, 0.2) is 48.7 Å². The highest BCUT2D eigenvalue weighted by atomic mass is 16.3. The van der Waals surface area contributed by atoms with Gasteiger partial charge in [0.15, 0.2) is 0 Å². The lowest BCUT2D eigenvalue weighted by atomic mass is 10.00. The molecule has 0 saturated carbocycles. The molecule has 0 aliphatic carbocycles. The normalized spacial score (nSPS) is 13.5. The van der Waals surface area contributed by atoms with Gasteiger partial charge in [0.25, 0.3) is 0 Å². The summed E-state index contributed by atoms with van der Waals surface area (Å²) in [7, 11) is 0. The maximum atomic E-state index is 12.3. The van der Waals surface area contributed by atoms with E-state index in [9.17, 15) is 9.90 Å². The lowest BCUT2D eigenvalue weighted by molar-refractivity contribution is -0.124. The number of aromatic nitrogens is 1. The molecule has 1 amide bonds. The van der Waals surface area contributed by atoms with Crippen LogP contribution in [0.3, 0.4) is 0 Å². The van der Waals surface area contributed by atoms with Gasteiger partial charge >= 0.3 is 0 Å². The van der Waals surface area contributed by atoms with E-state index in [1.807, 2.05) is 32.0 Å². The summed E-state index contributed by atoms with van der Waals surface area (Å²) in [5.74, 6) is -0.0971. The van der Waals surface area contributed by atoms with Crippen LogP contribution in [0, 0.1) is 12.8 Å². The first kappa shape index (κ1) is 18.1. The molecule has 0 fully saturated rings. The summed E-state index contributed by atoms with van der Waals surface area (Å²) in [5, 5.41) is 12.9. The highest BCUT2D eigenvalue weighted by Crippen LogP contribution is 2.18. The van der Waals surface area contributed by atoms with Gasteiger partial charge in [0.1, 0.15) is 0 Å². The van der Waals surface area contributed by atoms with Gasteiger partial charge in [0, 0.05) is 6.20 Å². The van der Waals surface area contributed by atoms with Gasteiger partial charge in [0.2, 0.25) is 5.91 Å². The van der Waals surface area contributed by atoms with E-state index in [2.05, 4.69) is 41.5 Å². The Morgan fingerprint density at radius 3 is 2.46 bits per heavy atom. The number of benzene rings is 1. The van der Waals surface area contributed by atoms with Crippen LogP contribution in [-0.2, 0) is 11.2 Å². The minimum absolute atomic E-state index is 0.0566. The van der Waals surface area contributed by atoms with Gasteiger partial charge in [-0.1, -0.05) is 49.7 Å². The molecule has 0 aliphatic heterocycles. The quantitative estimate of drug-likeness (QED) is 0.821. The first-order valence-electron chi connectivity index (χ1n) is 8.39. The zero-order valence-electron chi connectivity index (χ0n) is 14.6. The molecule has 4 heteroatoms. The van der Waals surface area contributed by atoms with Crippen molar-refractivity contribution in [2.24, 2.45) is 5.92 Å². The van der Waals surface area contributed by atoms with Crippen LogP contribution in [0.1, 0.15) is 43.1 Å². The first-order chi connectivity index (χ1) is 11.5. The van der Waals surface area contributed by atoms with Gasteiger partial charge in [-0.3, -0.25) is 9.78 Å². The Morgan fingerprint density at radius 1 is 1.17 bits per heavy atom. The molecule has 128 valence electrons. The summed E-state index contributed by atoms with van der Waals surface area (Å²) in [6, 6.07) is 13.8. The molecule has 1 heterocycles. The minimum Gasteiger partial charge on any atom is -0.392 e. The summed E-state index contributed by atoms with van der Waals surface area (Å²) in [5.41, 5.74) is 3.17. The van der Waals surface area contributed by atoms with Gasteiger partial charge in [-0.15, -0.1) is 0 Å². The number of nitrogens with zero attached hydrogens (tertiary/aromatic N) is 1. The van der Waals surface area contributed by atoms with E-state index in [4.69, 9.17) is 0 Å². The van der Waals surface area contributed by atoms with Crippen molar-refractivity contribution in [3.05, 3.63) is 65.5 Å². The molecule has 24 heavy (non-hydrogen) atoms. The van der Waals surface area contributed by atoms with Crippen molar-refractivity contribution < 1.29 is 9.90 Å². The van der Waals surface area contributed by atoms with E-state index in [0.29, 0.717) is 6.42 Å². The number of aliphatic hydroxyl groups is 1. The van der Waals surface area contributed by atoms with Crippen molar-refractivity contribution in [3.63, 3.8) is 0 Å². The van der Waals surface area contributed by atoms with Crippen LogP contribution < -0.4 is 5.32 Å². The van der Waals surface area contributed by atoms with E-state index >= 15 is 0 Å². The zero-order chi connectivity index (χ0) is 17.5. The predicted molar refractivity (Wildman–Crippen MR) is 95.5 cm³/mol. The monoisotopic (exact) mass is 326 g/mol. The van der Waals surface area contributed by atoms with Gasteiger partial charge < -0.3 is 10.4 Å². The fraction of sp³-hybridized carbons (Fsp3) is 0.400. The summed E-state index contributed by atoms with van der Waals surface area (Å²) < 4.78 is 0. The average molecular weight is 326 g/mol. The number of amides is 1. The smallest absolute Gasteiger partial charge is 0.223 e. The van der Waals surface area contributed by atoms with Crippen molar-refractivity contribution in [2.75, 3.05) is 0 Å². The first-order valence-corrected chi connectivity index (χ1v) is 8.39. The van der Waals surface area contributed by atoms with Crippen molar-refractivity contribution >= 4 is 5.91 Å². The van der Waals surface area contributed by atoms with E-state index in [0.717, 1.165) is 11.3 Å². The number of hydrogen-bond donors (Lipinski definition) is 2. The van der Waals surface area contributed by atoms with E-state index in [1.165, 1.54) is 5.56 Å². The third-order valence-corrected chi connectivity index (χ3v) is 4.10. The van der Waals surface area contributed by atoms with E-state index in [1.54, 1.807) is 6.20 Å². The van der Waals surface area contributed by atoms with Crippen molar-refractivity contribution in [2.45, 2.75) is 45.8 Å². The van der Waals surface area contributed by atoms with Crippen molar-refractivity contribution in [1.29, 1.82) is 0 Å². The molecule has 0 radical (unpaired) electrons. The number of nitrogens with one attached hydrogen (secondary N) is 1. The number of aliphatic hydroxyl groups excluding tert-OH is 1. The van der Waals surface area contributed by atoms with E-state index < -0.39 is 6.10 Å². The van der Waals surface area contributed by atoms with Gasteiger partial charge in [-0.2, -0.15) is 0 Å². The van der Waals surface area contributed by atoms with Crippen molar-refractivity contribution in [1.82, 2.24) is 10.3 Å². The molecule has 1 aromatic heterocycles. The molecule has 2 unspecified atom stereocenters. The van der Waals surface area contributed by atoms with Gasteiger partial charge in [-0.05, 0) is 37.0 Å². The Morgan fingerprint density at radius 2 is 1.88 bits per heavy atom. The molecule has 2 rings (SSSR count). The average Bonchev–Trinajstić information content (AvgIpc) is 2.57. The van der Waals surface area contributed by atoms with Crippen LogP contribution in [-0.4, -0.2) is 22.1 Å². The Balaban J connectivity index is 2.11. The van der Waals surface area contributed by atoms with Crippen LogP contribution in [0.25, 0.3) is 0 Å². The molecule has 2 atom stereocenters. The second-order valence-corrected chi connectivity index (χ2v) is 6.58. The number of pyridine rings is 1. The summed E-state index contributed by atoms with van der Waals surface area (Å²) in [4.78, 5) is 16.7. The fourth-order valence-electron chi connectivity index (χ4n) is 2.45. The standard InChI is InChI=1S/C20H26N2O2/c1-14(2)19(23)13-20(24)22-18(17-6-4-5-11-21-17)12-16-9-7-15(3)8-10-16/h4-11,14,18-19,23H,12-13H2,1-3H3,(H,22,24). The molecular weight excluding hydrogens is 300 g/mol. The number of rotatable bonds is 7. The van der Waals surface area contributed by atoms with Gasteiger partial charge in [0.05, 0.1) is 24.3 Å². The Labute approximate surface area is 143 Å². The molecule has 2 aromatic rings. The highest BCUT2D eigenvalue weighted by molar-refractivity contribution is 5.77. The number of hydrogen-bond acceptors (Lipinski definition) is 3. The number of carbonyl (C=O) groups excluding carboxylic acids is 1. The third kappa shape index (κ3) is 5.46. The maximum absolute atomic E-state index is 12.3. The number of aryl methyl sites for hydroxylation is 1. The lowest BCUT2D eigenvalue weighted by Crippen LogP contribution is -2.34. The zero-order valence-corrected chi connectivity index (χ0v) is 14.6. The fourth-order valence-corrected chi connectivity index (χ4v) is 2.45. The summed E-state index contributed by atoms with van der Waals surface area (Å²) >= 11 is 0. The Kier molecular flexibility index (Phi) is 6.50. The van der Waals surface area contributed by atoms with Crippen molar-refractivity contribution in [3.8, 4) is 0 Å².